The molecule has 1 aromatic heterocycles. The first-order chi connectivity index (χ1) is 9.08. The first-order valence-electron chi connectivity index (χ1n) is 6.76. The molecule has 2 atom stereocenters. The number of thiazole rings is 1. The van der Waals surface area contributed by atoms with E-state index >= 15 is 0 Å². The van der Waals surface area contributed by atoms with Gasteiger partial charge in [-0.1, -0.05) is 51.1 Å². The minimum atomic E-state index is -0.310. The van der Waals surface area contributed by atoms with E-state index in [1.54, 1.807) is 11.3 Å². The Kier molecular flexibility index (Phi) is 4.72. The molecule has 19 heavy (non-hydrogen) atoms. The predicted molar refractivity (Wildman–Crippen MR) is 81.3 cm³/mol. The molecule has 0 aliphatic heterocycles. The van der Waals surface area contributed by atoms with E-state index in [1.807, 2.05) is 18.2 Å². The molecule has 0 spiro atoms. The SMILES string of the molecule is CC(C)C(C)C(O)Cc1nc(-c2ccccc2)cs1. The maximum Gasteiger partial charge on any atom is 0.0958 e. The molecule has 0 fully saturated rings. The van der Waals surface area contributed by atoms with E-state index in [2.05, 4.69) is 43.3 Å². The smallest absolute Gasteiger partial charge is 0.0958 e. The number of benzene rings is 1. The van der Waals surface area contributed by atoms with Crippen LogP contribution >= 0.6 is 11.3 Å². The Bertz CT molecular complexity index is 506. The Hall–Kier alpha value is -1.19. The molecule has 0 saturated carbocycles. The highest BCUT2D eigenvalue weighted by molar-refractivity contribution is 7.09. The van der Waals surface area contributed by atoms with E-state index in [1.165, 1.54) is 0 Å². The summed E-state index contributed by atoms with van der Waals surface area (Å²) in [5.41, 5.74) is 2.14. The molecule has 2 aromatic rings. The number of hydrogen-bond acceptors (Lipinski definition) is 3. The van der Waals surface area contributed by atoms with Gasteiger partial charge in [-0.2, -0.15) is 0 Å². The highest BCUT2D eigenvalue weighted by Gasteiger charge is 2.19. The van der Waals surface area contributed by atoms with Gasteiger partial charge in [0.05, 0.1) is 16.8 Å². The van der Waals surface area contributed by atoms with Crippen LogP contribution in [0.15, 0.2) is 35.7 Å². The Morgan fingerprint density at radius 2 is 1.84 bits per heavy atom. The van der Waals surface area contributed by atoms with Crippen molar-refractivity contribution in [3.8, 4) is 11.3 Å². The summed E-state index contributed by atoms with van der Waals surface area (Å²) in [7, 11) is 0. The van der Waals surface area contributed by atoms with Gasteiger partial charge in [-0.05, 0) is 11.8 Å². The summed E-state index contributed by atoms with van der Waals surface area (Å²) < 4.78 is 0. The molecule has 2 unspecified atom stereocenters. The van der Waals surface area contributed by atoms with Crippen molar-refractivity contribution >= 4 is 11.3 Å². The largest absolute Gasteiger partial charge is 0.392 e. The number of hydrogen-bond donors (Lipinski definition) is 1. The fraction of sp³-hybridized carbons (Fsp3) is 0.438. The highest BCUT2D eigenvalue weighted by atomic mass is 32.1. The second kappa shape index (κ2) is 6.31. The number of nitrogens with zero attached hydrogens (tertiary/aromatic N) is 1. The molecule has 0 aliphatic rings. The van der Waals surface area contributed by atoms with Crippen LogP contribution in [0.3, 0.4) is 0 Å². The third-order valence-corrected chi connectivity index (χ3v) is 4.53. The van der Waals surface area contributed by atoms with Gasteiger partial charge in [-0.25, -0.2) is 4.98 Å². The first-order valence-corrected chi connectivity index (χ1v) is 7.63. The lowest BCUT2D eigenvalue weighted by Crippen LogP contribution is -2.24. The zero-order chi connectivity index (χ0) is 13.8. The van der Waals surface area contributed by atoms with Crippen LogP contribution in [0, 0.1) is 11.8 Å². The molecule has 0 aliphatic carbocycles. The van der Waals surface area contributed by atoms with Gasteiger partial charge >= 0.3 is 0 Å². The molecule has 1 N–H and O–H groups in total. The van der Waals surface area contributed by atoms with Gasteiger partial charge in [0, 0.05) is 17.4 Å². The van der Waals surface area contributed by atoms with Crippen LogP contribution in [0.5, 0.6) is 0 Å². The average molecular weight is 275 g/mol. The van der Waals surface area contributed by atoms with Crippen molar-refractivity contribution in [3.05, 3.63) is 40.7 Å². The number of aliphatic hydroxyl groups excluding tert-OH is 1. The lowest BCUT2D eigenvalue weighted by Gasteiger charge is -2.21. The topological polar surface area (TPSA) is 33.1 Å². The van der Waals surface area contributed by atoms with Crippen molar-refractivity contribution in [1.29, 1.82) is 0 Å². The molecule has 0 amide bonds. The standard InChI is InChI=1S/C16H21NOS/c1-11(2)12(3)15(18)9-16-17-14(10-19-16)13-7-5-4-6-8-13/h4-8,10-12,15,18H,9H2,1-3H3. The van der Waals surface area contributed by atoms with Gasteiger partial charge in [0.2, 0.25) is 0 Å². The second-order valence-corrected chi connectivity index (χ2v) is 6.31. The number of aliphatic hydroxyl groups is 1. The summed E-state index contributed by atoms with van der Waals surface area (Å²) in [6.45, 7) is 6.39. The normalized spacial score (nSPS) is 14.6. The van der Waals surface area contributed by atoms with Crippen molar-refractivity contribution in [1.82, 2.24) is 4.98 Å². The number of aromatic nitrogens is 1. The molecule has 0 radical (unpaired) electrons. The monoisotopic (exact) mass is 275 g/mol. The van der Waals surface area contributed by atoms with Crippen LogP contribution in [0.2, 0.25) is 0 Å². The molecule has 3 heteroatoms. The Balaban J connectivity index is 2.06. The van der Waals surface area contributed by atoms with Crippen LogP contribution in [0.25, 0.3) is 11.3 Å². The summed E-state index contributed by atoms with van der Waals surface area (Å²) in [5, 5.41) is 13.3. The van der Waals surface area contributed by atoms with Crippen LogP contribution in [0.1, 0.15) is 25.8 Å². The molecular formula is C16H21NOS. The second-order valence-electron chi connectivity index (χ2n) is 5.37. The van der Waals surface area contributed by atoms with E-state index in [0.717, 1.165) is 16.3 Å². The average Bonchev–Trinajstić information content (AvgIpc) is 2.87. The van der Waals surface area contributed by atoms with E-state index < -0.39 is 0 Å². The van der Waals surface area contributed by atoms with E-state index in [0.29, 0.717) is 18.3 Å². The predicted octanol–water partition coefficient (Wildman–Crippen LogP) is 4.01. The third-order valence-electron chi connectivity index (χ3n) is 3.66. The zero-order valence-corrected chi connectivity index (χ0v) is 12.5. The van der Waals surface area contributed by atoms with Crippen LogP contribution in [0.4, 0.5) is 0 Å². The molecule has 1 aromatic carbocycles. The van der Waals surface area contributed by atoms with E-state index in [9.17, 15) is 5.11 Å². The molecule has 0 saturated heterocycles. The Morgan fingerprint density at radius 1 is 1.16 bits per heavy atom. The summed E-state index contributed by atoms with van der Waals surface area (Å²) >= 11 is 1.63. The minimum absolute atomic E-state index is 0.295. The van der Waals surface area contributed by atoms with Crippen molar-refractivity contribution in [2.24, 2.45) is 11.8 Å². The maximum atomic E-state index is 10.2. The lowest BCUT2D eigenvalue weighted by molar-refractivity contribution is 0.0921. The summed E-state index contributed by atoms with van der Waals surface area (Å²) in [6.07, 6.45) is 0.339. The van der Waals surface area contributed by atoms with Crippen molar-refractivity contribution < 1.29 is 5.11 Å². The van der Waals surface area contributed by atoms with Crippen molar-refractivity contribution in [2.45, 2.75) is 33.3 Å². The molecule has 102 valence electrons. The quantitative estimate of drug-likeness (QED) is 0.894. The van der Waals surface area contributed by atoms with Gasteiger partial charge < -0.3 is 5.11 Å². The van der Waals surface area contributed by atoms with Gasteiger partial charge in [-0.3, -0.25) is 0 Å². The van der Waals surface area contributed by atoms with Gasteiger partial charge in [-0.15, -0.1) is 11.3 Å². The summed E-state index contributed by atoms with van der Waals surface area (Å²) in [5.74, 6) is 0.785. The van der Waals surface area contributed by atoms with Crippen LogP contribution in [-0.2, 0) is 6.42 Å². The summed E-state index contributed by atoms with van der Waals surface area (Å²) in [6, 6.07) is 10.2. The lowest BCUT2D eigenvalue weighted by atomic mass is 9.91. The maximum absolute atomic E-state index is 10.2. The van der Waals surface area contributed by atoms with Crippen LogP contribution in [-0.4, -0.2) is 16.2 Å². The molecule has 2 rings (SSSR count). The molecule has 0 bridgehead atoms. The summed E-state index contributed by atoms with van der Waals surface area (Å²) in [4.78, 5) is 4.62. The Morgan fingerprint density at radius 3 is 2.47 bits per heavy atom. The molecule has 2 nitrogen and oxygen atoms in total. The third kappa shape index (κ3) is 3.64. The van der Waals surface area contributed by atoms with Gasteiger partial charge in [0.15, 0.2) is 0 Å². The number of rotatable bonds is 5. The molecule has 1 heterocycles. The van der Waals surface area contributed by atoms with Crippen molar-refractivity contribution in [3.63, 3.8) is 0 Å². The van der Waals surface area contributed by atoms with E-state index in [-0.39, 0.29) is 6.10 Å². The minimum Gasteiger partial charge on any atom is -0.392 e. The Labute approximate surface area is 119 Å². The van der Waals surface area contributed by atoms with Crippen molar-refractivity contribution in [2.75, 3.05) is 0 Å². The highest BCUT2D eigenvalue weighted by Crippen LogP contribution is 2.24. The zero-order valence-electron chi connectivity index (χ0n) is 11.7. The molecular weight excluding hydrogens is 254 g/mol. The fourth-order valence-corrected chi connectivity index (χ4v) is 2.81. The fourth-order valence-electron chi connectivity index (χ4n) is 1.96. The van der Waals surface area contributed by atoms with Crippen LogP contribution < -0.4 is 0 Å². The van der Waals surface area contributed by atoms with Gasteiger partial charge in [0.25, 0.3) is 0 Å². The first kappa shape index (κ1) is 14.2. The van der Waals surface area contributed by atoms with Gasteiger partial charge in [0.1, 0.15) is 0 Å². The van der Waals surface area contributed by atoms with E-state index in [4.69, 9.17) is 0 Å².